The Labute approximate surface area is 102 Å². The predicted octanol–water partition coefficient (Wildman–Crippen LogP) is 3.09. The second-order valence-corrected chi connectivity index (χ2v) is 4.20. The van der Waals surface area contributed by atoms with Gasteiger partial charge >= 0.3 is 0 Å². The molecule has 0 unspecified atom stereocenters. The lowest BCUT2D eigenvalue weighted by molar-refractivity contribution is 0.626. The summed E-state index contributed by atoms with van der Waals surface area (Å²) in [5.41, 5.74) is 0.881. The van der Waals surface area contributed by atoms with E-state index >= 15 is 0 Å². The Morgan fingerprint density at radius 1 is 1.56 bits per heavy atom. The molecule has 0 fully saturated rings. The first kappa shape index (κ1) is 11.3. The minimum atomic E-state index is -0.419. The van der Waals surface area contributed by atoms with Crippen molar-refractivity contribution in [1.82, 2.24) is 14.8 Å². The smallest absolute Gasteiger partial charge is 0.195 e. The summed E-state index contributed by atoms with van der Waals surface area (Å²) >= 11 is 10.8. The van der Waals surface area contributed by atoms with E-state index in [1.807, 2.05) is 11.5 Å². The lowest BCUT2D eigenvalue weighted by Gasteiger charge is -2.05. The van der Waals surface area contributed by atoms with Crippen LogP contribution < -0.4 is 0 Å². The molecule has 2 rings (SSSR count). The number of nitrogens with one attached hydrogen (secondary N) is 1. The molecule has 1 aromatic heterocycles. The average Bonchev–Trinajstić information content (AvgIpc) is 2.55. The van der Waals surface area contributed by atoms with Crippen LogP contribution in [-0.2, 0) is 6.54 Å². The zero-order valence-electron chi connectivity index (χ0n) is 8.50. The van der Waals surface area contributed by atoms with Crippen molar-refractivity contribution in [2.24, 2.45) is 0 Å². The lowest BCUT2D eigenvalue weighted by Crippen LogP contribution is -2.02. The summed E-state index contributed by atoms with van der Waals surface area (Å²) in [7, 11) is 0. The molecule has 16 heavy (non-hydrogen) atoms. The van der Waals surface area contributed by atoms with Gasteiger partial charge in [0.2, 0.25) is 0 Å². The second kappa shape index (κ2) is 4.35. The minimum Gasteiger partial charge on any atom is -0.300 e. The summed E-state index contributed by atoms with van der Waals surface area (Å²) in [5, 5.41) is 6.80. The van der Waals surface area contributed by atoms with Crippen LogP contribution in [0.15, 0.2) is 18.2 Å². The first-order chi connectivity index (χ1) is 7.58. The summed E-state index contributed by atoms with van der Waals surface area (Å²) in [6.45, 7) is 2.37. The third-order valence-corrected chi connectivity index (χ3v) is 2.88. The maximum absolute atomic E-state index is 13.0. The Bertz CT molecular complexity index is 576. The average molecular weight is 258 g/mol. The summed E-state index contributed by atoms with van der Waals surface area (Å²) in [6, 6.07) is 4.61. The van der Waals surface area contributed by atoms with E-state index in [1.165, 1.54) is 6.07 Å². The first-order valence-corrected chi connectivity index (χ1v) is 5.42. The molecule has 2 aromatic rings. The van der Waals surface area contributed by atoms with Gasteiger partial charge in [-0.2, -0.15) is 5.10 Å². The zero-order valence-corrected chi connectivity index (χ0v) is 10.1. The third kappa shape index (κ3) is 2.15. The monoisotopic (exact) mass is 257 g/mol. The molecule has 1 aromatic carbocycles. The van der Waals surface area contributed by atoms with Crippen molar-refractivity contribution >= 4 is 23.8 Å². The van der Waals surface area contributed by atoms with Crippen molar-refractivity contribution in [1.29, 1.82) is 0 Å². The summed E-state index contributed by atoms with van der Waals surface area (Å²) in [4.78, 5) is 0. The van der Waals surface area contributed by atoms with Gasteiger partial charge in [0.05, 0.1) is 11.6 Å². The van der Waals surface area contributed by atoms with Crippen LogP contribution in [0.4, 0.5) is 4.39 Å². The number of halogens is 2. The number of aromatic nitrogens is 3. The van der Waals surface area contributed by atoms with Crippen molar-refractivity contribution in [3.63, 3.8) is 0 Å². The highest BCUT2D eigenvalue weighted by atomic mass is 35.5. The topological polar surface area (TPSA) is 33.6 Å². The number of aromatic amines is 1. The highest BCUT2D eigenvalue weighted by Gasteiger charge is 2.04. The lowest BCUT2D eigenvalue weighted by atomic mass is 10.2. The number of hydrogen-bond donors (Lipinski definition) is 1. The molecule has 0 saturated heterocycles. The number of aryl methyl sites for hydroxylation is 1. The largest absolute Gasteiger partial charge is 0.300 e. The van der Waals surface area contributed by atoms with Gasteiger partial charge in [-0.15, -0.1) is 0 Å². The number of H-pyrrole nitrogens is 1. The van der Waals surface area contributed by atoms with E-state index in [9.17, 15) is 4.39 Å². The fraction of sp³-hybridized carbons (Fsp3) is 0.200. The fourth-order valence-electron chi connectivity index (χ4n) is 1.40. The molecule has 0 aliphatic heterocycles. The fourth-order valence-corrected chi connectivity index (χ4v) is 1.85. The predicted molar refractivity (Wildman–Crippen MR) is 62.7 cm³/mol. The van der Waals surface area contributed by atoms with E-state index in [-0.39, 0.29) is 5.02 Å². The van der Waals surface area contributed by atoms with Crippen molar-refractivity contribution in [3.05, 3.63) is 45.2 Å². The molecule has 0 aliphatic rings. The number of benzene rings is 1. The molecule has 3 nitrogen and oxygen atoms in total. The van der Waals surface area contributed by atoms with Gasteiger partial charge in [-0.25, -0.2) is 4.39 Å². The van der Waals surface area contributed by atoms with E-state index in [1.54, 1.807) is 12.1 Å². The molecule has 1 N–H and O–H groups in total. The van der Waals surface area contributed by atoms with Crippen LogP contribution in [0.5, 0.6) is 0 Å². The number of nitrogens with zero attached hydrogens (tertiary/aromatic N) is 2. The van der Waals surface area contributed by atoms with Crippen LogP contribution in [0.2, 0.25) is 5.02 Å². The molecule has 1 heterocycles. The maximum Gasteiger partial charge on any atom is 0.195 e. The van der Waals surface area contributed by atoms with Gasteiger partial charge in [-0.05, 0) is 36.8 Å². The molecule has 0 amide bonds. The van der Waals surface area contributed by atoms with Gasteiger partial charge < -0.3 is 0 Å². The van der Waals surface area contributed by atoms with Crippen molar-refractivity contribution in [2.45, 2.75) is 13.5 Å². The van der Waals surface area contributed by atoms with E-state index in [0.717, 1.165) is 11.4 Å². The molecule has 0 atom stereocenters. The van der Waals surface area contributed by atoms with Gasteiger partial charge in [-0.3, -0.25) is 9.67 Å². The van der Waals surface area contributed by atoms with Gasteiger partial charge in [0.25, 0.3) is 0 Å². The molecule has 0 bridgehead atoms. The van der Waals surface area contributed by atoms with Gasteiger partial charge in [0, 0.05) is 0 Å². The molecule has 0 radical (unpaired) electrons. The standard InChI is InChI=1S/C10H9ClFN3S/c1-6-13-14-10(16)15(6)5-7-2-3-9(12)8(11)4-7/h2-4H,5H2,1H3,(H,14,16). The van der Waals surface area contributed by atoms with Crippen LogP contribution >= 0.6 is 23.8 Å². The summed E-state index contributed by atoms with van der Waals surface area (Å²) in [5.74, 6) is 0.364. The molecule has 6 heteroatoms. The number of rotatable bonds is 2. The molecule has 0 saturated carbocycles. The number of hydrogen-bond acceptors (Lipinski definition) is 2. The Morgan fingerprint density at radius 2 is 2.31 bits per heavy atom. The Kier molecular flexibility index (Phi) is 3.07. The van der Waals surface area contributed by atoms with E-state index in [0.29, 0.717) is 11.3 Å². The SMILES string of the molecule is Cc1n[nH]c(=S)n1Cc1ccc(F)c(Cl)c1. The van der Waals surface area contributed by atoms with E-state index in [2.05, 4.69) is 10.2 Å². The van der Waals surface area contributed by atoms with Crippen molar-refractivity contribution in [2.75, 3.05) is 0 Å². The highest BCUT2D eigenvalue weighted by Crippen LogP contribution is 2.17. The molecular formula is C10H9ClFN3S. The van der Waals surface area contributed by atoms with Crippen LogP contribution in [0.3, 0.4) is 0 Å². The van der Waals surface area contributed by atoms with Gasteiger partial charge in [0.15, 0.2) is 4.77 Å². The Hall–Kier alpha value is -1.20. The van der Waals surface area contributed by atoms with E-state index < -0.39 is 5.82 Å². The maximum atomic E-state index is 13.0. The van der Waals surface area contributed by atoms with Crippen molar-refractivity contribution in [3.8, 4) is 0 Å². The van der Waals surface area contributed by atoms with Crippen molar-refractivity contribution < 1.29 is 4.39 Å². The third-order valence-electron chi connectivity index (χ3n) is 2.27. The van der Waals surface area contributed by atoms with Crippen LogP contribution in [0.25, 0.3) is 0 Å². The Morgan fingerprint density at radius 3 is 2.88 bits per heavy atom. The molecule has 0 aliphatic carbocycles. The molecule has 0 spiro atoms. The second-order valence-electron chi connectivity index (χ2n) is 3.41. The van der Waals surface area contributed by atoms with E-state index in [4.69, 9.17) is 23.8 Å². The molecule has 84 valence electrons. The highest BCUT2D eigenvalue weighted by molar-refractivity contribution is 7.71. The van der Waals surface area contributed by atoms with Crippen LogP contribution in [-0.4, -0.2) is 14.8 Å². The Balaban J connectivity index is 2.34. The normalized spacial score (nSPS) is 10.7. The minimum absolute atomic E-state index is 0.116. The van der Waals surface area contributed by atoms with Crippen LogP contribution in [0, 0.1) is 17.5 Å². The quantitative estimate of drug-likeness (QED) is 0.839. The van der Waals surface area contributed by atoms with Crippen LogP contribution in [0.1, 0.15) is 11.4 Å². The zero-order chi connectivity index (χ0) is 11.7. The molecular weight excluding hydrogens is 249 g/mol. The first-order valence-electron chi connectivity index (χ1n) is 4.63. The van der Waals surface area contributed by atoms with Gasteiger partial charge in [-0.1, -0.05) is 17.7 Å². The summed E-state index contributed by atoms with van der Waals surface area (Å²) < 4.78 is 15.3. The van der Waals surface area contributed by atoms with Gasteiger partial charge in [0.1, 0.15) is 11.6 Å². The summed E-state index contributed by atoms with van der Waals surface area (Å²) in [6.07, 6.45) is 0.